The molecule has 2 saturated carbocycles. The molecule has 6 nitrogen and oxygen atoms in total. The molecule has 0 unspecified atom stereocenters. The fraction of sp³-hybridized carbons (Fsp3) is 0.588. The zero-order valence-electron chi connectivity index (χ0n) is 14.4. The van der Waals surface area contributed by atoms with Crippen LogP contribution in [-0.4, -0.2) is 42.2 Å². The SMILES string of the molecule is O=C(O)O.O=S(=O)(c1ccccc1C(F)(F)F)[C@@H]1CC[C@@H](OC2CCC2)C1. The highest BCUT2D eigenvalue weighted by Crippen LogP contribution is 2.39. The van der Waals surface area contributed by atoms with Crippen LogP contribution < -0.4 is 0 Å². The first-order valence-electron chi connectivity index (χ1n) is 8.49. The third-order valence-electron chi connectivity index (χ3n) is 4.71. The average molecular weight is 410 g/mol. The summed E-state index contributed by atoms with van der Waals surface area (Å²) in [5.41, 5.74) is -1.08. The van der Waals surface area contributed by atoms with Gasteiger partial charge >= 0.3 is 12.3 Å². The van der Waals surface area contributed by atoms with Gasteiger partial charge in [-0.25, -0.2) is 13.2 Å². The Morgan fingerprint density at radius 2 is 1.63 bits per heavy atom. The normalized spacial score (nSPS) is 23.2. The van der Waals surface area contributed by atoms with Gasteiger partial charge in [0.2, 0.25) is 0 Å². The lowest BCUT2D eigenvalue weighted by molar-refractivity contribution is -0.139. The maximum absolute atomic E-state index is 13.1. The van der Waals surface area contributed by atoms with Gasteiger partial charge in [-0.1, -0.05) is 12.1 Å². The number of hydrogen-bond donors (Lipinski definition) is 2. The van der Waals surface area contributed by atoms with E-state index in [-0.39, 0.29) is 18.6 Å². The van der Waals surface area contributed by atoms with Crippen molar-refractivity contribution in [1.29, 1.82) is 0 Å². The second-order valence-corrected chi connectivity index (χ2v) is 8.76. The summed E-state index contributed by atoms with van der Waals surface area (Å²) >= 11 is 0. The number of sulfone groups is 1. The minimum Gasteiger partial charge on any atom is -0.450 e. The van der Waals surface area contributed by atoms with Crippen LogP contribution in [0.2, 0.25) is 0 Å². The van der Waals surface area contributed by atoms with Gasteiger partial charge in [-0.05, 0) is 50.7 Å². The molecule has 0 spiro atoms. The van der Waals surface area contributed by atoms with Crippen LogP contribution in [0.5, 0.6) is 0 Å². The number of carboxylic acid groups (broad SMARTS) is 2. The molecule has 0 amide bonds. The van der Waals surface area contributed by atoms with Crippen LogP contribution in [0.15, 0.2) is 29.2 Å². The van der Waals surface area contributed by atoms with Crippen molar-refractivity contribution in [3.8, 4) is 0 Å². The Labute approximate surface area is 154 Å². The summed E-state index contributed by atoms with van der Waals surface area (Å²) in [4.78, 5) is 7.95. The van der Waals surface area contributed by atoms with Gasteiger partial charge in [0, 0.05) is 0 Å². The van der Waals surface area contributed by atoms with E-state index >= 15 is 0 Å². The molecular weight excluding hydrogens is 389 g/mol. The molecule has 2 fully saturated rings. The lowest BCUT2D eigenvalue weighted by atomic mass is 9.96. The van der Waals surface area contributed by atoms with Gasteiger partial charge in [0.25, 0.3) is 0 Å². The number of ether oxygens (including phenoxy) is 1. The van der Waals surface area contributed by atoms with Crippen molar-refractivity contribution in [3.05, 3.63) is 29.8 Å². The first kappa shape index (κ1) is 21.5. The molecule has 0 aliphatic heterocycles. The van der Waals surface area contributed by atoms with Gasteiger partial charge in [-0.3, -0.25) is 0 Å². The number of alkyl halides is 3. The van der Waals surface area contributed by atoms with Crippen molar-refractivity contribution in [1.82, 2.24) is 0 Å². The van der Waals surface area contributed by atoms with Crippen LogP contribution in [0, 0.1) is 0 Å². The Bertz CT molecular complexity index is 754. The predicted octanol–water partition coefficient (Wildman–Crippen LogP) is 4.19. The predicted molar refractivity (Wildman–Crippen MR) is 89.4 cm³/mol. The summed E-state index contributed by atoms with van der Waals surface area (Å²) in [7, 11) is -4.01. The number of carbonyl (C=O) groups is 1. The fourth-order valence-electron chi connectivity index (χ4n) is 3.21. The van der Waals surface area contributed by atoms with Crippen LogP contribution >= 0.6 is 0 Å². The molecule has 2 aliphatic carbocycles. The van der Waals surface area contributed by atoms with Gasteiger partial charge in [-0.15, -0.1) is 0 Å². The number of halogens is 3. The number of hydrogen-bond acceptors (Lipinski definition) is 4. The highest BCUT2D eigenvalue weighted by atomic mass is 32.2. The molecule has 2 aliphatic rings. The van der Waals surface area contributed by atoms with Crippen LogP contribution in [-0.2, 0) is 20.8 Å². The van der Waals surface area contributed by atoms with Gasteiger partial charge in [0.05, 0.1) is 27.9 Å². The fourth-order valence-corrected chi connectivity index (χ4v) is 5.25. The van der Waals surface area contributed by atoms with Crippen molar-refractivity contribution in [2.45, 2.75) is 67.1 Å². The molecule has 152 valence electrons. The highest BCUT2D eigenvalue weighted by Gasteiger charge is 2.42. The summed E-state index contributed by atoms with van der Waals surface area (Å²) in [6.07, 6.45) is -2.13. The van der Waals surface area contributed by atoms with E-state index in [1.807, 2.05) is 0 Å². The van der Waals surface area contributed by atoms with E-state index in [0.717, 1.165) is 31.4 Å². The van der Waals surface area contributed by atoms with E-state index in [1.165, 1.54) is 12.1 Å². The van der Waals surface area contributed by atoms with Crippen LogP contribution in [0.25, 0.3) is 0 Å². The molecule has 0 radical (unpaired) electrons. The second kappa shape index (κ2) is 8.47. The molecule has 0 aromatic heterocycles. The van der Waals surface area contributed by atoms with Crippen LogP contribution in [0.3, 0.4) is 0 Å². The number of benzene rings is 1. The maximum Gasteiger partial charge on any atom is 0.503 e. The van der Waals surface area contributed by atoms with Crippen molar-refractivity contribution >= 4 is 16.0 Å². The topological polar surface area (TPSA) is 101 Å². The quantitative estimate of drug-likeness (QED) is 0.772. The Balaban J connectivity index is 0.000000596. The van der Waals surface area contributed by atoms with Crippen LogP contribution in [0.1, 0.15) is 44.1 Å². The Kier molecular flexibility index (Phi) is 6.74. The van der Waals surface area contributed by atoms with E-state index in [9.17, 15) is 21.6 Å². The molecule has 2 N–H and O–H groups in total. The van der Waals surface area contributed by atoms with E-state index in [1.54, 1.807) is 0 Å². The molecule has 1 aromatic rings. The summed E-state index contributed by atoms with van der Waals surface area (Å²) in [5.74, 6) is 0. The van der Waals surface area contributed by atoms with E-state index in [2.05, 4.69) is 0 Å². The van der Waals surface area contributed by atoms with Gasteiger partial charge in [0.15, 0.2) is 9.84 Å². The first-order valence-corrected chi connectivity index (χ1v) is 10.0. The molecule has 27 heavy (non-hydrogen) atoms. The second-order valence-electron chi connectivity index (χ2n) is 6.57. The summed E-state index contributed by atoms with van der Waals surface area (Å²) in [6.45, 7) is 0. The Hall–Kier alpha value is -1.81. The molecular formula is C17H21F3O6S. The van der Waals surface area contributed by atoms with Gasteiger partial charge in [0.1, 0.15) is 0 Å². The summed E-state index contributed by atoms with van der Waals surface area (Å²) in [6, 6.07) is 4.42. The smallest absolute Gasteiger partial charge is 0.450 e. The summed E-state index contributed by atoms with van der Waals surface area (Å²) < 4.78 is 70.4. The third-order valence-corrected chi connectivity index (χ3v) is 6.99. The van der Waals surface area contributed by atoms with Crippen molar-refractivity contribution in [2.24, 2.45) is 0 Å². The lowest BCUT2D eigenvalue weighted by Crippen LogP contribution is -2.28. The Morgan fingerprint density at radius 1 is 1.04 bits per heavy atom. The van der Waals surface area contributed by atoms with Crippen LogP contribution in [0.4, 0.5) is 18.0 Å². The van der Waals surface area contributed by atoms with E-state index in [0.29, 0.717) is 12.8 Å². The maximum atomic E-state index is 13.1. The molecule has 3 rings (SSSR count). The highest BCUT2D eigenvalue weighted by molar-refractivity contribution is 7.92. The van der Waals surface area contributed by atoms with Crippen molar-refractivity contribution < 1.29 is 41.3 Å². The Morgan fingerprint density at radius 3 is 2.15 bits per heavy atom. The minimum atomic E-state index is -4.68. The van der Waals surface area contributed by atoms with E-state index < -0.39 is 37.9 Å². The standard InChI is InChI=1S/C16H19F3O3S.CH2O3/c17-16(18,19)14-6-1-2-7-15(14)23(20,21)13-9-8-12(10-13)22-11-4-3-5-11;2-1(3)4/h1-2,6-7,11-13H,3-5,8-10H2;(H2,2,3,4)/t12-,13-;/m1./s1. The third kappa shape index (κ3) is 5.58. The zero-order valence-corrected chi connectivity index (χ0v) is 15.2. The molecule has 1 aromatic carbocycles. The number of rotatable bonds is 4. The summed E-state index contributed by atoms with van der Waals surface area (Å²) in [5, 5.41) is 13.1. The van der Waals surface area contributed by atoms with Gasteiger partial charge in [-0.2, -0.15) is 13.2 Å². The monoisotopic (exact) mass is 410 g/mol. The zero-order chi connectivity index (χ0) is 20.2. The van der Waals surface area contributed by atoms with Gasteiger partial charge < -0.3 is 14.9 Å². The molecule has 0 heterocycles. The minimum absolute atomic E-state index is 0.155. The molecule has 2 atom stereocenters. The first-order chi connectivity index (χ1) is 12.5. The van der Waals surface area contributed by atoms with Crippen molar-refractivity contribution in [2.75, 3.05) is 0 Å². The van der Waals surface area contributed by atoms with Crippen molar-refractivity contribution in [3.63, 3.8) is 0 Å². The molecule has 0 saturated heterocycles. The molecule has 0 bridgehead atoms. The molecule has 10 heteroatoms. The lowest BCUT2D eigenvalue weighted by Gasteiger charge is -2.28. The largest absolute Gasteiger partial charge is 0.503 e. The van der Waals surface area contributed by atoms with E-state index in [4.69, 9.17) is 19.7 Å². The average Bonchev–Trinajstić information content (AvgIpc) is 2.99.